The van der Waals surface area contributed by atoms with Crippen molar-refractivity contribution < 1.29 is 5.11 Å². The van der Waals surface area contributed by atoms with Crippen LogP contribution in [0.25, 0.3) is 0 Å². The van der Waals surface area contributed by atoms with Crippen LogP contribution in [0.2, 0.25) is 0 Å². The molecule has 0 radical (unpaired) electrons. The van der Waals surface area contributed by atoms with Gasteiger partial charge in [0.2, 0.25) is 0 Å². The second-order valence-corrected chi connectivity index (χ2v) is 6.68. The molecule has 1 aromatic heterocycles. The number of aromatic nitrogens is 2. The molecular weight excluding hydrogens is 264 g/mol. The Balaban J connectivity index is 2.98. The maximum atomic E-state index is 9.65. The van der Waals surface area contributed by atoms with E-state index >= 15 is 0 Å². The van der Waals surface area contributed by atoms with Gasteiger partial charge in [0.25, 0.3) is 0 Å². The molecule has 0 unspecified atom stereocenters. The average molecular weight is 294 g/mol. The molecular formula is C16H30N4O. The molecule has 3 N–H and O–H groups in total. The van der Waals surface area contributed by atoms with Crippen LogP contribution < -0.4 is 10.6 Å². The Morgan fingerprint density at radius 1 is 1.10 bits per heavy atom. The summed E-state index contributed by atoms with van der Waals surface area (Å²) < 4.78 is 0. The van der Waals surface area contributed by atoms with Gasteiger partial charge in [0.15, 0.2) is 0 Å². The molecule has 0 saturated carbocycles. The van der Waals surface area contributed by atoms with E-state index in [4.69, 9.17) is 0 Å². The fraction of sp³-hybridized carbons (Fsp3) is 0.750. The van der Waals surface area contributed by atoms with E-state index in [2.05, 4.69) is 55.2 Å². The maximum Gasteiger partial charge on any atom is 0.138 e. The first-order valence-corrected chi connectivity index (χ1v) is 7.72. The number of nitrogens with zero attached hydrogens (tertiary/aromatic N) is 2. The summed E-state index contributed by atoms with van der Waals surface area (Å²) in [5.41, 5.74) is -0.195. The highest BCUT2D eigenvalue weighted by Crippen LogP contribution is 2.27. The molecule has 0 aliphatic carbocycles. The van der Waals surface area contributed by atoms with Gasteiger partial charge in [-0.3, -0.25) is 0 Å². The monoisotopic (exact) mass is 294 g/mol. The van der Waals surface area contributed by atoms with Crippen LogP contribution in [-0.2, 0) is 5.41 Å². The third-order valence-electron chi connectivity index (χ3n) is 4.13. The predicted molar refractivity (Wildman–Crippen MR) is 88.9 cm³/mol. The lowest BCUT2D eigenvalue weighted by atomic mass is 9.83. The van der Waals surface area contributed by atoms with E-state index in [1.807, 2.05) is 13.1 Å². The molecule has 0 amide bonds. The molecule has 5 nitrogen and oxygen atoms in total. The van der Waals surface area contributed by atoms with Crippen LogP contribution in [0.3, 0.4) is 0 Å². The molecule has 21 heavy (non-hydrogen) atoms. The molecule has 0 saturated heterocycles. The fourth-order valence-electron chi connectivity index (χ4n) is 2.06. The average Bonchev–Trinajstić information content (AvgIpc) is 2.48. The zero-order valence-corrected chi connectivity index (χ0v) is 14.2. The van der Waals surface area contributed by atoms with E-state index in [1.165, 1.54) is 0 Å². The van der Waals surface area contributed by atoms with Crippen molar-refractivity contribution >= 4 is 11.6 Å². The molecule has 1 heterocycles. The first-order valence-electron chi connectivity index (χ1n) is 7.72. The molecule has 120 valence electrons. The summed E-state index contributed by atoms with van der Waals surface area (Å²) in [6.45, 7) is 11.4. The highest BCUT2D eigenvalue weighted by atomic mass is 16.3. The minimum absolute atomic E-state index is 0.0906. The number of anilines is 2. The Labute approximate surface area is 128 Å². The summed E-state index contributed by atoms with van der Waals surface area (Å²) in [5, 5.41) is 16.1. The number of hydrogen-bond acceptors (Lipinski definition) is 5. The number of nitrogens with one attached hydrogen (secondary N) is 2. The predicted octanol–water partition coefficient (Wildman–Crippen LogP) is 3.03. The lowest BCUT2D eigenvalue weighted by Gasteiger charge is -2.30. The van der Waals surface area contributed by atoms with Crippen LogP contribution in [-0.4, -0.2) is 35.3 Å². The number of aliphatic hydroxyl groups is 1. The Bertz CT molecular complexity index is 442. The van der Waals surface area contributed by atoms with Gasteiger partial charge < -0.3 is 15.7 Å². The Hall–Kier alpha value is -1.36. The van der Waals surface area contributed by atoms with Crippen molar-refractivity contribution in [3.05, 3.63) is 11.9 Å². The minimum Gasteiger partial charge on any atom is -0.396 e. The number of hydrogen-bond donors (Lipinski definition) is 3. The summed E-state index contributed by atoms with van der Waals surface area (Å²) >= 11 is 0. The molecule has 0 spiro atoms. The van der Waals surface area contributed by atoms with Crippen LogP contribution in [0.4, 0.5) is 11.6 Å². The SMILES string of the molecule is CCC(CC)(CO)CNc1cc(NC)nc(C(C)(C)C)n1. The zero-order valence-electron chi connectivity index (χ0n) is 14.2. The van der Waals surface area contributed by atoms with Gasteiger partial charge in [0.1, 0.15) is 17.5 Å². The highest BCUT2D eigenvalue weighted by molar-refractivity contribution is 5.48. The van der Waals surface area contributed by atoms with Gasteiger partial charge in [0, 0.05) is 30.5 Å². The molecule has 0 aliphatic rings. The first kappa shape index (κ1) is 17.7. The van der Waals surface area contributed by atoms with Crippen molar-refractivity contribution in [1.29, 1.82) is 0 Å². The van der Waals surface area contributed by atoms with Gasteiger partial charge in [-0.15, -0.1) is 0 Å². The number of rotatable bonds is 7. The molecule has 1 aromatic rings. The summed E-state index contributed by atoms with van der Waals surface area (Å²) in [5.74, 6) is 2.42. The van der Waals surface area contributed by atoms with Gasteiger partial charge in [-0.1, -0.05) is 34.6 Å². The van der Waals surface area contributed by atoms with Crippen molar-refractivity contribution in [2.24, 2.45) is 5.41 Å². The Morgan fingerprint density at radius 2 is 1.67 bits per heavy atom. The molecule has 5 heteroatoms. The molecule has 0 fully saturated rings. The van der Waals surface area contributed by atoms with E-state index in [0.717, 1.165) is 30.3 Å². The summed E-state index contributed by atoms with van der Waals surface area (Å²) in [4.78, 5) is 9.13. The minimum atomic E-state index is -0.104. The van der Waals surface area contributed by atoms with Gasteiger partial charge in [0.05, 0.1) is 6.61 Å². The van der Waals surface area contributed by atoms with Crippen molar-refractivity contribution in [3.63, 3.8) is 0 Å². The van der Waals surface area contributed by atoms with E-state index in [9.17, 15) is 5.11 Å². The largest absolute Gasteiger partial charge is 0.396 e. The third-order valence-corrected chi connectivity index (χ3v) is 4.13. The van der Waals surface area contributed by atoms with Crippen LogP contribution in [0, 0.1) is 5.41 Å². The van der Waals surface area contributed by atoms with Gasteiger partial charge in [-0.2, -0.15) is 0 Å². The smallest absolute Gasteiger partial charge is 0.138 e. The van der Waals surface area contributed by atoms with Crippen LogP contribution in [0.15, 0.2) is 6.07 Å². The summed E-state index contributed by atoms with van der Waals surface area (Å²) in [6.07, 6.45) is 1.87. The summed E-state index contributed by atoms with van der Waals surface area (Å²) in [7, 11) is 1.86. The van der Waals surface area contributed by atoms with Crippen LogP contribution in [0.5, 0.6) is 0 Å². The van der Waals surface area contributed by atoms with Crippen LogP contribution >= 0.6 is 0 Å². The van der Waals surface area contributed by atoms with E-state index in [0.29, 0.717) is 6.54 Å². The third kappa shape index (κ3) is 4.56. The lowest BCUT2D eigenvalue weighted by molar-refractivity contribution is 0.127. The quantitative estimate of drug-likeness (QED) is 0.721. The summed E-state index contributed by atoms with van der Waals surface area (Å²) in [6, 6.07) is 1.91. The lowest BCUT2D eigenvalue weighted by Crippen LogP contribution is -2.32. The second-order valence-electron chi connectivity index (χ2n) is 6.68. The van der Waals surface area contributed by atoms with Crippen molar-refractivity contribution in [2.75, 3.05) is 30.8 Å². The van der Waals surface area contributed by atoms with Gasteiger partial charge >= 0.3 is 0 Å². The molecule has 1 rings (SSSR count). The standard InChI is InChI=1S/C16H30N4O/c1-7-16(8-2,11-21)10-18-13-9-12(17-6)19-14(20-13)15(3,4)5/h9,21H,7-8,10-11H2,1-6H3,(H2,17,18,19,20). The molecule has 0 aliphatic heterocycles. The number of aliphatic hydroxyl groups excluding tert-OH is 1. The van der Waals surface area contributed by atoms with E-state index in [1.54, 1.807) is 0 Å². The van der Waals surface area contributed by atoms with Crippen LogP contribution in [0.1, 0.15) is 53.3 Å². The van der Waals surface area contributed by atoms with Gasteiger partial charge in [-0.05, 0) is 12.8 Å². The molecule has 0 bridgehead atoms. The van der Waals surface area contributed by atoms with E-state index in [-0.39, 0.29) is 17.4 Å². The first-order chi connectivity index (χ1) is 9.80. The molecule has 0 atom stereocenters. The Morgan fingerprint density at radius 3 is 2.10 bits per heavy atom. The van der Waals surface area contributed by atoms with Gasteiger partial charge in [-0.25, -0.2) is 9.97 Å². The normalized spacial score (nSPS) is 12.3. The topological polar surface area (TPSA) is 70.1 Å². The Kier molecular flexibility index (Phi) is 5.96. The van der Waals surface area contributed by atoms with Crippen molar-refractivity contribution in [3.8, 4) is 0 Å². The highest BCUT2D eigenvalue weighted by Gasteiger charge is 2.25. The van der Waals surface area contributed by atoms with E-state index < -0.39 is 0 Å². The molecule has 0 aromatic carbocycles. The van der Waals surface area contributed by atoms with Crippen molar-refractivity contribution in [2.45, 2.75) is 52.9 Å². The second kappa shape index (κ2) is 7.07. The van der Waals surface area contributed by atoms with Crippen molar-refractivity contribution in [1.82, 2.24) is 9.97 Å². The maximum absolute atomic E-state index is 9.65. The zero-order chi connectivity index (χ0) is 16.1. The fourth-order valence-corrected chi connectivity index (χ4v) is 2.06.